The number of aromatic nitrogens is 2. The number of carbonyl (C=O) groups excluding carboxylic acids is 1. The van der Waals surface area contributed by atoms with Crippen LogP contribution in [0.15, 0.2) is 12.4 Å². The summed E-state index contributed by atoms with van der Waals surface area (Å²) in [7, 11) is 0. The van der Waals surface area contributed by atoms with Gasteiger partial charge in [-0.1, -0.05) is 13.8 Å². The molecule has 0 aromatic carbocycles. The smallest absolute Gasteiger partial charge is 0.240 e. The molecule has 0 radical (unpaired) electrons. The van der Waals surface area contributed by atoms with E-state index in [2.05, 4.69) is 29.1 Å². The molecule has 106 valence electrons. The molecule has 0 unspecified atom stereocenters. The lowest BCUT2D eigenvalue weighted by molar-refractivity contribution is -0.138. The number of H-pyrrole nitrogens is 1. The fourth-order valence-electron chi connectivity index (χ4n) is 2.19. The Kier molecular flexibility index (Phi) is 4.93. The second-order valence-corrected chi connectivity index (χ2v) is 5.08. The third-order valence-electron chi connectivity index (χ3n) is 3.30. The third kappa shape index (κ3) is 3.78. The highest BCUT2D eigenvalue weighted by atomic mass is 16.5. The Balaban J connectivity index is 1.92. The molecule has 0 aliphatic carbocycles. The Morgan fingerprint density at radius 3 is 2.84 bits per heavy atom. The molecular formula is C13H22N4O2. The minimum atomic E-state index is -0.178. The number of nitrogens with zero attached hydrogens (tertiary/aromatic N) is 2. The summed E-state index contributed by atoms with van der Waals surface area (Å²) < 4.78 is 5.28. The van der Waals surface area contributed by atoms with E-state index in [1.165, 1.54) is 0 Å². The van der Waals surface area contributed by atoms with Gasteiger partial charge in [-0.3, -0.25) is 10.1 Å². The molecule has 1 aliphatic heterocycles. The summed E-state index contributed by atoms with van der Waals surface area (Å²) in [5.74, 6) is 1.25. The van der Waals surface area contributed by atoms with E-state index in [-0.39, 0.29) is 17.9 Å². The first-order valence-corrected chi connectivity index (χ1v) is 6.76. The van der Waals surface area contributed by atoms with E-state index < -0.39 is 0 Å². The monoisotopic (exact) mass is 266 g/mol. The highest BCUT2D eigenvalue weighted by Gasteiger charge is 2.27. The van der Waals surface area contributed by atoms with Crippen molar-refractivity contribution in [3.05, 3.63) is 18.2 Å². The Morgan fingerprint density at radius 1 is 1.53 bits per heavy atom. The fourth-order valence-corrected chi connectivity index (χ4v) is 2.19. The van der Waals surface area contributed by atoms with Gasteiger partial charge >= 0.3 is 0 Å². The Morgan fingerprint density at radius 2 is 2.26 bits per heavy atom. The normalized spacial score (nSPS) is 17.7. The zero-order chi connectivity index (χ0) is 13.7. The summed E-state index contributed by atoms with van der Waals surface area (Å²) >= 11 is 0. The number of rotatable bonds is 5. The second-order valence-electron chi connectivity index (χ2n) is 5.08. The van der Waals surface area contributed by atoms with Crippen LogP contribution < -0.4 is 5.32 Å². The van der Waals surface area contributed by atoms with Gasteiger partial charge in [-0.15, -0.1) is 0 Å². The molecule has 6 nitrogen and oxygen atoms in total. The van der Waals surface area contributed by atoms with E-state index in [4.69, 9.17) is 4.74 Å². The van der Waals surface area contributed by atoms with Gasteiger partial charge in [0.05, 0.1) is 25.8 Å². The van der Waals surface area contributed by atoms with E-state index >= 15 is 0 Å². The van der Waals surface area contributed by atoms with Crippen LogP contribution in [0.4, 0.5) is 0 Å². The van der Waals surface area contributed by atoms with Crippen LogP contribution in [0.1, 0.15) is 19.7 Å². The molecule has 0 saturated carbocycles. The molecule has 1 aromatic heterocycles. The zero-order valence-electron chi connectivity index (χ0n) is 11.6. The molecular weight excluding hydrogens is 244 g/mol. The van der Waals surface area contributed by atoms with Crippen LogP contribution in [0.2, 0.25) is 0 Å². The number of imidazole rings is 1. The van der Waals surface area contributed by atoms with Crippen LogP contribution in [-0.4, -0.2) is 53.1 Å². The summed E-state index contributed by atoms with van der Waals surface area (Å²) in [6.07, 6.45) is 3.50. The summed E-state index contributed by atoms with van der Waals surface area (Å²) in [5.41, 5.74) is 0. The number of hydrogen-bond acceptors (Lipinski definition) is 4. The number of ether oxygens (including phenoxy) is 1. The predicted molar refractivity (Wildman–Crippen MR) is 71.5 cm³/mol. The van der Waals surface area contributed by atoms with Gasteiger partial charge in [0.1, 0.15) is 5.82 Å². The lowest BCUT2D eigenvalue weighted by Crippen LogP contribution is -2.52. The number of amides is 1. The Labute approximate surface area is 113 Å². The summed E-state index contributed by atoms with van der Waals surface area (Å²) in [6, 6.07) is -0.178. The topological polar surface area (TPSA) is 70.2 Å². The average molecular weight is 266 g/mol. The van der Waals surface area contributed by atoms with Gasteiger partial charge in [0, 0.05) is 25.5 Å². The van der Waals surface area contributed by atoms with Crippen molar-refractivity contribution in [1.82, 2.24) is 20.2 Å². The van der Waals surface area contributed by atoms with E-state index in [0.29, 0.717) is 32.8 Å². The molecule has 1 amide bonds. The number of hydrogen-bond donors (Lipinski definition) is 2. The van der Waals surface area contributed by atoms with Crippen molar-refractivity contribution in [3.8, 4) is 0 Å². The third-order valence-corrected chi connectivity index (χ3v) is 3.30. The summed E-state index contributed by atoms with van der Waals surface area (Å²) in [4.78, 5) is 21.5. The van der Waals surface area contributed by atoms with Gasteiger partial charge in [0.15, 0.2) is 0 Å². The van der Waals surface area contributed by atoms with Gasteiger partial charge in [-0.05, 0) is 5.92 Å². The van der Waals surface area contributed by atoms with E-state index in [9.17, 15) is 4.79 Å². The number of carbonyl (C=O) groups is 1. The molecule has 2 heterocycles. The van der Waals surface area contributed by atoms with Crippen LogP contribution in [0.25, 0.3) is 0 Å². The molecule has 2 N–H and O–H groups in total. The first kappa shape index (κ1) is 14.0. The highest BCUT2D eigenvalue weighted by Crippen LogP contribution is 2.09. The number of morpholine rings is 1. The minimum absolute atomic E-state index is 0.157. The van der Waals surface area contributed by atoms with Gasteiger partial charge < -0.3 is 14.6 Å². The number of nitrogens with one attached hydrogen (secondary N) is 2. The molecule has 1 fully saturated rings. The van der Waals surface area contributed by atoms with Gasteiger partial charge in [0.2, 0.25) is 5.91 Å². The molecule has 2 rings (SSSR count). The van der Waals surface area contributed by atoms with E-state index in [1.54, 1.807) is 12.4 Å². The summed E-state index contributed by atoms with van der Waals surface area (Å²) in [5, 5.41) is 3.29. The molecule has 19 heavy (non-hydrogen) atoms. The van der Waals surface area contributed by atoms with Gasteiger partial charge in [-0.25, -0.2) is 4.98 Å². The van der Waals surface area contributed by atoms with Crippen molar-refractivity contribution in [1.29, 1.82) is 0 Å². The van der Waals surface area contributed by atoms with E-state index in [1.807, 2.05) is 4.90 Å². The first-order chi connectivity index (χ1) is 9.18. The van der Waals surface area contributed by atoms with Crippen molar-refractivity contribution in [2.75, 3.05) is 26.3 Å². The van der Waals surface area contributed by atoms with Crippen molar-refractivity contribution in [2.45, 2.75) is 26.4 Å². The quantitative estimate of drug-likeness (QED) is 0.808. The fraction of sp³-hybridized carbons (Fsp3) is 0.692. The van der Waals surface area contributed by atoms with Crippen LogP contribution in [0, 0.1) is 5.92 Å². The molecule has 1 atom stereocenters. The Bertz CT molecular complexity index is 385. The second kappa shape index (κ2) is 6.68. The average Bonchev–Trinajstić information content (AvgIpc) is 2.92. The minimum Gasteiger partial charge on any atom is -0.378 e. The van der Waals surface area contributed by atoms with Crippen LogP contribution in [-0.2, 0) is 16.1 Å². The number of aromatic amines is 1. The first-order valence-electron chi connectivity index (χ1n) is 6.76. The SMILES string of the molecule is CC(C)[C@H](NCc1ncc[nH]1)C(=O)N1CCOCC1. The van der Waals surface area contributed by atoms with Crippen molar-refractivity contribution in [3.63, 3.8) is 0 Å². The predicted octanol–water partition coefficient (Wildman–Crippen LogP) is 0.383. The van der Waals surface area contributed by atoms with Gasteiger partial charge in [-0.2, -0.15) is 0 Å². The zero-order valence-corrected chi connectivity index (χ0v) is 11.6. The maximum absolute atomic E-state index is 12.5. The van der Waals surface area contributed by atoms with Crippen LogP contribution in [0.5, 0.6) is 0 Å². The molecule has 1 saturated heterocycles. The standard InChI is InChI=1S/C13H22N4O2/c1-10(2)12(16-9-11-14-3-4-15-11)13(18)17-5-7-19-8-6-17/h3-4,10,12,16H,5-9H2,1-2H3,(H,14,15)/t12-/m0/s1. The summed E-state index contributed by atoms with van der Waals surface area (Å²) in [6.45, 7) is 7.32. The lowest BCUT2D eigenvalue weighted by atomic mass is 10.0. The highest BCUT2D eigenvalue weighted by molar-refractivity contribution is 5.82. The lowest BCUT2D eigenvalue weighted by Gasteiger charge is -2.32. The van der Waals surface area contributed by atoms with Crippen LogP contribution in [0.3, 0.4) is 0 Å². The molecule has 0 spiro atoms. The largest absolute Gasteiger partial charge is 0.378 e. The van der Waals surface area contributed by atoms with E-state index in [0.717, 1.165) is 5.82 Å². The van der Waals surface area contributed by atoms with Crippen LogP contribution >= 0.6 is 0 Å². The van der Waals surface area contributed by atoms with Crippen molar-refractivity contribution >= 4 is 5.91 Å². The molecule has 1 aliphatic rings. The van der Waals surface area contributed by atoms with Gasteiger partial charge in [0.25, 0.3) is 0 Å². The maximum atomic E-state index is 12.5. The molecule has 1 aromatic rings. The Hall–Kier alpha value is -1.40. The maximum Gasteiger partial charge on any atom is 0.240 e. The molecule has 0 bridgehead atoms. The van der Waals surface area contributed by atoms with Crippen molar-refractivity contribution < 1.29 is 9.53 Å². The molecule has 6 heteroatoms. The van der Waals surface area contributed by atoms with Crippen molar-refractivity contribution in [2.24, 2.45) is 5.92 Å².